The Labute approximate surface area is 145 Å². The zero-order valence-electron chi connectivity index (χ0n) is 15.3. The number of hydrogen-bond acceptors (Lipinski definition) is 2. The molecule has 0 heterocycles. The summed E-state index contributed by atoms with van der Waals surface area (Å²) in [7, 11) is 0. The lowest BCUT2D eigenvalue weighted by atomic mass is 9.91. The third kappa shape index (κ3) is 6.90. The van der Waals surface area contributed by atoms with Gasteiger partial charge in [-0.05, 0) is 51.7 Å². The Morgan fingerprint density at radius 1 is 1.17 bits per heavy atom. The van der Waals surface area contributed by atoms with Crippen molar-refractivity contribution in [3.05, 3.63) is 35.4 Å². The van der Waals surface area contributed by atoms with E-state index in [1.54, 1.807) is 20.8 Å². The van der Waals surface area contributed by atoms with Gasteiger partial charge in [0.2, 0.25) is 5.91 Å². The van der Waals surface area contributed by atoms with Crippen LogP contribution in [-0.4, -0.2) is 22.2 Å². The van der Waals surface area contributed by atoms with Gasteiger partial charge in [0, 0.05) is 13.3 Å². The van der Waals surface area contributed by atoms with E-state index in [1.165, 1.54) is 6.92 Å². The van der Waals surface area contributed by atoms with E-state index in [-0.39, 0.29) is 5.91 Å². The predicted molar refractivity (Wildman–Crippen MR) is 98.2 cm³/mol. The smallest absolute Gasteiger partial charge is 0.218 e. The summed E-state index contributed by atoms with van der Waals surface area (Å²) in [5.74, 6) is 11.5. The molecule has 0 radical (unpaired) electrons. The Balaban J connectivity index is 2.88. The summed E-state index contributed by atoms with van der Waals surface area (Å²) in [6.45, 7) is 8.67. The molecule has 24 heavy (non-hydrogen) atoms. The minimum absolute atomic E-state index is 0.0920. The van der Waals surface area contributed by atoms with E-state index in [2.05, 4.69) is 35.1 Å². The van der Waals surface area contributed by atoms with Crippen LogP contribution in [0.25, 0.3) is 0 Å². The standard InChI is InChI=1S/C21H27NO2/c1-6-12-20(4,22-17(3)23)16-19-10-8-9-18(15-19)11-14-21(5,24)13-7-2/h8-10,15,24H,11,14,16H2,1-5H3,(H,22,23). The SMILES string of the molecule is CC#CC(C)(O)CCc1cccc(CC(C)(C#CC)NC(C)=O)c1. The van der Waals surface area contributed by atoms with Gasteiger partial charge in [0.25, 0.3) is 0 Å². The molecule has 128 valence electrons. The summed E-state index contributed by atoms with van der Waals surface area (Å²) in [4.78, 5) is 11.4. The van der Waals surface area contributed by atoms with E-state index < -0.39 is 11.1 Å². The van der Waals surface area contributed by atoms with Crippen molar-refractivity contribution < 1.29 is 9.90 Å². The molecule has 2 unspecified atom stereocenters. The molecule has 0 aliphatic heterocycles. The Kier molecular flexibility index (Phi) is 7.08. The number of benzene rings is 1. The van der Waals surface area contributed by atoms with Gasteiger partial charge in [0.15, 0.2) is 0 Å². The lowest BCUT2D eigenvalue weighted by molar-refractivity contribution is -0.120. The quantitative estimate of drug-likeness (QED) is 0.790. The van der Waals surface area contributed by atoms with E-state index in [4.69, 9.17) is 0 Å². The highest BCUT2D eigenvalue weighted by atomic mass is 16.3. The number of hydrogen-bond donors (Lipinski definition) is 2. The molecular formula is C21H27NO2. The van der Waals surface area contributed by atoms with Gasteiger partial charge in [-0.3, -0.25) is 4.79 Å². The van der Waals surface area contributed by atoms with Crippen molar-refractivity contribution in [2.45, 2.75) is 65.0 Å². The van der Waals surface area contributed by atoms with Crippen molar-refractivity contribution in [3.63, 3.8) is 0 Å². The van der Waals surface area contributed by atoms with Crippen LogP contribution in [0, 0.1) is 23.7 Å². The molecule has 3 nitrogen and oxygen atoms in total. The Morgan fingerprint density at radius 2 is 1.79 bits per heavy atom. The van der Waals surface area contributed by atoms with E-state index >= 15 is 0 Å². The first-order valence-electron chi connectivity index (χ1n) is 8.16. The van der Waals surface area contributed by atoms with Gasteiger partial charge in [-0.25, -0.2) is 0 Å². The molecule has 1 aromatic rings. The second kappa shape index (κ2) is 8.57. The van der Waals surface area contributed by atoms with Crippen LogP contribution in [0.15, 0.2) is 24.3 Å². The first-order valence-corrected chi connectivity index (χ1v) is 8.16. The lowest BCUT2D eigenvalue weighted by Gasteiger charge is -2.25. The van der Waals surface area contributed by atoms with Crippen molar-refractivity contribution in [1.82, 2.24) is 5.32 Å². The van der Waals surface area contributed by atoms with Gasteiger partial charge in [0.05, 0.1) is 0 Å². The van der Waals surface area contributed by atoms with Crippen LogP contribution in [0.4, 0.5) is 0 Å². The number of carbonyl (C=O) groups excluding carboxylic acids is 1. The van der Waals surface area contributed by atoms with E-state index in [0.717, 1.165) is 17.5 Å². The summed E-state index contributed by atoms with van der Waals surface area (Å²) in [6.07, 6.45) is 1.95. The van der Waals surface area contributed by atoms with Gasteiger partial charge in [-0.1, -0.05) is 36.1 Å². The van der Waals surface area contributed by atoms with Gasteiger partial charge < -0.3 is 10.4 Å². The average molecular weight is 325 g/mol. The summed E-state index contributed by atoms with van der Waals surface area (Å²) < 4.78 is 0. The fraction of sp³-hybridized carbons (Fsp3) is 0.476. The number of carbonyl (C=O) groups is 1. The van der Waals surface area contributed by atoms with Crippen molar-refractivity contribution in [3.8, 4) is 23.7 Å². The normalized spacial score (nSPS) is 14.9. The number of aliphatic hydroxyl groups is 1. The second-order valence-electron chi connectivity index (χ2n) is 6.53. The molecule has 0 bridgehead atoms. The highest BCUT2D eigenvalue weighted by molar-refractivity contribution is 5.74. The predicted octanol–water partition coefficient (Wildman–Crippen LogP) is 2.85. The van der Waals surface area contributed by atoms with E-state index in [1.807, 2.05) is 25.1 Å². The highest BCUT2D eigenvalue weighted by Crippen LogP contribution is 2.18. The number of nitrogens with one attached hydrogen (secondary N) is 1. The highest BCUT2D eigenvalue weighted by Gasteiger charge is 2.23. The number of rotatable bonds is 6. The topological polar surface area (TPSA) is 49.3 Å². The lowest BCUT2D eigenvalue weighted by Crippen LogP contribution is -2.45. The van der Waals surface area contributed by atoms with Crippen LogP contribution < -0.4 is 5.32 Å². The second-order valence-corrected chi connectivity index (χ2v) is 6.53. The van der Waals surface area contributed by atoms with Crippen molar-refractivity contribution in [2.75, 3.05) is 0 Å². The minimum Gasteiger partial charge on any atom is -0.378 e. The number of amides is 1. The zero-order valence-corrected chi connectivity index (χ0v) is 15.3. The molecule has 1 amide bonds. The maximum absolute atomic E-state index is 11.4. The summed E-state index contributed by atoms with van der Waals surface area (Å²) in [5, 5.41) is 13.1. The van der Waals surface area contributed by atoms with Crippen LogP contribution in [0.3, 0.4) is 0 Å². The van der Waals surface area contributed by atoms with Gasteiger partial charge in [-0.2, -0.15) is 0 Å². The molecule has 0 aromatic heterocycles. The molecule has 0 spiro atoms. The zero-order chi connectivity index (χ0) is 18.2. The Hall–Kier alpha value is -2.23. The maximum Gasteiger partial charge on any atom is 0.218 e. The monoisotopic (exact) mass is 325 g/mol. The molecular weight excluding hydrogens is 298 g/mol. The van der Waals surface area contributed by atoms with E-state index in [0.29, 0.717) is 12.8 Å². The third-order valence-electron chi connectivity index (χ3n) is 3.70. The summed E-state index contributed by atoms with van der Waals surface area (Å²) in [6, 6.07) is 8.18. The van der Waals surface area contributed by atoms with Crippen molar-refractivity contribution >= 4 is 5.91 Å². The fourth-order valence-electron chi connectivity index (χ4n) is 2.81. The first-order chi connectivity index (χ1) is 11.2. The average Bonchev–Trinajstić information content (AvgIpc) is 2.44. The minimum atomic E-state index is -0.969. The van der Waals surface area contributed by atoms with Crippen LogP contribution in [0.1, 0.15) is 52.2 Å². The molecule has 1 rings (SSSR count). The third-order valence-corrected chi connectivity index (χ3v) is 3.70. The van der Waals surface area contributed by atoms with Gasteiger partial charge in [0.1, 0.15) is 11.1 Å². The molecule has 2 N–H and O–H groups in total. The Morgan fingerprint density at radius 3 is 2.38 bits per heavy atom. The molecule has 0 aliphatic rings. The van der Waals surface area contributed by atoms with Crippen LogP contribution in [0.2, 0.25) is 0 Å². The van der Waals surface area contributed by atoms with E-state index in [9.17, 15) is 9.90 Å². The van der Waals surface area contributed by atoms with Crippen LogP contribution in [0.5, 0.6) is 0 Å². The van der Waals surface area contributed by atoms with Crippen LogP contribution >= 0.6 is 0 Å². The summed E-state index contributed by atoms with van der Waals surface area (Å²) in [5.41, 5.74) is 0.690. The van der Waals surface area contributed by atoms with Gasteiger partial charge >= 0.3 is 0 Å². The molecule has 0 aliphatic carbocycles. The maximum atomic E-state index is 11.4. The molecule has 0 saturated carbocycles. The van der Waals surface area contributed by atoms with Crippen molar-refractivity contribution in [1.29, 1.82) is 0 Å². The van der Waals surface area contributed by atoms with Crippen molar-refractivity contribution in [2.24, 2.45) is 0 Å². The first kappa shape index (κ1) is 19.8. The number of aryl methyl sites for hydroxylation is 1. The largest absolute Gasteiger partial charge is 0.378 e. The molecule has 2 atom stereocenters. The van der Waals surface area contributed by atoms with Gasteiger partial charge in [-0.15, -0.1) is 11.8 Å². The van der Waals surface area contributed by atoms with Crippen LogP contribution in [-0.2, 0) is 17.6 Å². The molecule has 0 saturated heterocycles. The summed E-state index contributed by atoms with van der Waals surface area (Å²) >= 11 is 0. The molecule has 1 aromatic carbocycles. The molecule has 0 fully saturated rings. The molecule has 3 heteroatoms. The fourth-order valence-corrected chi connectivity index (χ4v) is 2.81. The Bertz CT molecular complexity index is 698.